The summed E-state index contributed by atoms with van der Waals surface area (Å²) in [6, 6.07) is 14.4. The average molecular weight is 369 g/mol. The number of pyridine rings is 1. The van der Waals surface area contributed by atoms with Crippen LogP contribution in [0.4, 0.5) is 0 Å². The molecule has 26 heavy (non-hydrogen) atoms. The molecule has 1 aliphatic rings. The van der Waals surface area contributed by atoms with Crippen LogP contribution in [-0.2, 0) is 13.0 Å². The highest BCUT2D eigenvalue weighted by Crippen LogP contribution is 2.25. The molecule has 0 bridgehead atoms. The number of benzene rings is 1. The number of hydrogen-bond donors (Lipinski definition) is 0. The minimum atomic E-state index is 0.390. The summed E-state index contributed by atoms with van der Waals surface area (Å²) in [7, 11) is 0. The van der Waals surface area contributed by atoms with Gasteiger partial charge in [0.25, 0.3) is 0 Å². The Morgan fingerprint density at radius 2 is 1.88 bits per heavy atom. The molecule has 0 saturated carbocycles. The Morgan fingerprint density at radius 3 is 2.65 bits per heavy atom. The second-order valence-electron chi connectivity index (χ2n) is 6.76. The second kappa shape index (κ2) is 7.98. The van der Waals surface area contributed by atoms with E-state index in [1.807, 2.05) is 12.1 Å². The van der Waals surface area contributed by atoms with Crippen LogP contribution in [0, 0.1) is 5.92 Å². The highest BCUT2D eigenvalue weighted by Gasteiger charge is 2.21. The summed E-state index contributed by atoms with van der Waals surface area (Å²) in [6.45, 7) is 2.80. The van der Waals surface area contributed by atoms with E-state index in [1.165, 1.54) is 24.8 Å². The van der Waals surface area contributed by atoms with Crippen LogP contribution >= 0.6 is 11.6 Å². The molecule has 0 unspecified atom stereocenters. The number of halogens is 1. The van der Waals surface area contributed by atoms with Crippen LogP contribution in [0.1, 0.15) is 24.3 Å². The topological polar surface area (TPSA) is 55.1 Å². The van der Waals surface area contributed by atoms with Crippen molar-refractivity contribution in [2.75, 3.05) is 13.1 Å². The third-order valence-corrected chi connectivity index (χ3v) is 5.20. The third-order valence-electron chi connectivity index (χ3n) is 4.90. The standard InChI is InChI=1S/C20H21ClN4O/c21-19-17(7-4-10-22-19)20-23-18(26-24-20)14-25-11-8-16(9-12-25)13-15-5-2-1-3-6-15/h1-7,10,16H,8-9,11-14H2. The van der Waals surface area contributed by atoms with Crippen LogP contribution in [0.3, 0.4) is 0 Å². The SMILES string of the molecule is Clc1ncccc1-c1noc(CN2CCC(Cc3ccccc3)CC2)n1. The molecule has 4 rings (SSSR count). The van der Waals surface area contributed by atoms with Gasteiger partial charge in [0.05, 0.1) is 12.1 Å². The maximum Gasteiger partial charge on any atom is 0.241 e. The van der Waals surface area contributed by atoms with E-state index in [9.17, 15) is 0 Å². The molecule has 0 radical (unpaired) electrons. The van der Waals surface area contributed by atoms with E-state index in [0.717, 1.165) is 19.0 Å². The number of piperidine rings is 1. The molecule has 6 heteroatoms. The third kappa shape index (κ3) is 4.11. The van der Waals surface area contributed by atoms with Crippen LogP contribution in [0.2, 0.25) is 5.15 Å². The Balaban J connectivity index is 1.32. The number of rotatable bonds is 5. The summed E-state index contributed by atoms with van der Waals surface area (Å²) in [5.41, 5.74) is 2.13. The lowest BCUT2D eigenvalue weighted by molar-refractivity contribution is 0.159. The van der Waals surface area contributed by atoms with Gasteiger partial charge in [0.2, 0.25) is 11.7 Å². The normalized spacial score (nSPS) is 16.0. The molecule has 0 amide bonds. The van der Waals surface area contributed by atoms with Crippen LogP contribution in [0.25, 0.3) is 11.4 Å². The van der Waals surface area contributed by atoms with Crippen LogP contribution < -0.4 is 0 Å². The van der Waals surface area contributed by atoms with Gasteiger partial charge in [-0.25, -0.2) is 4.98 Å². The fraction of sp³-hybridized carbons (Fsp3) is 0.350. The first-order chi connectivity index (χ1) is 12.8. The zero-order chi connectivity index (χ0) is 17.8. The quantitative estimate of drug-likeness (QED) is 0.630. The van der Waals surface area contributed by atoms with E-state index in [1.54, 1.807) is 6.20 Å². The minimum absolute atomic E-state index is 0.390. The number of hydrogen-bond acceptors (Lipinski definition) is 5. The van der Waals surface area contributed by atoms with Gasteiger partial charge in [0, 0.05) is 6.20 Å². The van der Waals surface area contributed by atoms with Crippen molar-refractivity contribution >= 4 is 11.6 Å². The summed E-state index contributed by atoms with van der Waals surface area (Å²) >= 11 is 6.10. The molecule has 0 aliphatic carbocycles. The molecule has 1 saturated heterocycles. The zero-order valence-electron chi connectivity index (χ0n) is 14.5. The van der Waals surface area contributed by atoms with Gasteiger partial charge in [-0.1, -0.05) is 47.1 Å². The molecular weight excluding hydrogens is 348 g/mol. The van der Waals surface area contributed by atoms with Crippen molar-refractivity contribution in [2.24, 2.45) is 5.92 Å². The lowest BCUT2D eigenvalue weighted by Crippen LogP contribution is -2.33. The molecular formula is C20H21ClN4O. The lowest BCUT2D eigenvalue weighted by Gasteiger charge is -2.31. The summed E-state index contributed by atoms with van der Waals surface area (Å²) in [6.07, 6.45) is 5.21. The Hall–Kier alpha value is -2.24. The van der Waals surface area contributed by atoms with E-state index in [0.29, 0.717) is 29.0 Å². The maximum absolute atomic E-state index is 6.10. The van der Waals surface area contributed by atoms with Gasteiger partial charge in [0.1, 0.15) is 5.15 Å². The molecule has 0 spiro atoms. The highest BCUT2D eigenvalue weighted by atomic mass is 35.5. The predicted molar refractivity (Wildman–Crippen MR) is 101 cm³/mol. The largest absolute Gasteiger partial charge is 0.338 e. The molecule has 1 aliphatic heterocycles. The summed E-state index contributed by atoms with van der Waals surface area (Å²) in [5.74, 6) is 1.87. The van der Waals surface area contributed by atoms with Gasteiger partial charge < -0.3 is 4.52 Å². The first-order valence-corrected chi connectivity index (χ1v) is 9.35. The average Bonchev–Trinajstić information content (AvgIpc) is 3.13. The molecule has 134 valence electrons. The van der Waals surface area contributed by atoms with E-state index in [2.05, 4.69) is 50.4 Å². The Labute approximate surface area is 158 Å². The Bertz CT molecular complexity index is 844. The van der Waals surface area contributed by atoms with Gasteiger partial charge in [-0.3, -0.25) is 4.90 Å². The molecule has 1 aromatic carbocycles. The van der Waals surface area contributed by atoms with Crippen molar-refractivity contribution in [3.8, 4) is 11.4 Å². The zero-order valence-corrected chi connectivity index (χ0v) is 15.3. The summed E-state index contributed by atoms with van der Waals surface area (Å²) < 4.78 is 5.41. The predicted octanol–water partition coefficient (Wildman–Crippen LogP) is 4.24. The van der Waals surface area contributed by atoms with Crippen molar-refractivity contribution in [3.05, 3.63) is 65.3 Å². The van der Waals surface area contributed by atoms with Gasteiger partial charge >= 0.3 is 0 Å². The van der Waals surface area contributed by atoms with Crippen LogP contribution in [-0.4, -0.2) is 33.1 Å². The van der Waals surface area contributed by atoms with E-state index < -0.39 is 0 Å². The number of likely N-dealkylation sites (tertiary alicyclic amines) is 1. The van der Waals surface area contributed by atoms with Gasteiger partial charge in [-0.2, -0.15) is 4.98 Å². The smallest absolute Gasteiger partial charge is 0.241 e. The van der Waals surface area contributed by atoms with E-state index >= 15 is 0 Å². The molecule has 3 heterocycles. The molecule has 3 aromatic rings. The number of aromatic nitrogens is 3. The lowest BCUT2D eigenvalue weighted by atomic mass is 9.90. The van der Waals surface area contributed by atoms with Gasteiger partial charge in [-0.15, -0.1) is 0 Å². The molecule has 0 N–H and O–H groups in total. The summed E-state index contributed by atoms with van der Waals surface area (Å²) in [5, 5.41) is 4.44. The fourth-order valence-corrected chi connectivity index (χ4v) is 3.67. The summed E-state index contributed by atoms with van der Waals surface area (Å²) in [4.78, 5) is 10.9. The first kappa shape index (κ1) is 17.2. The molecule has 5 nitrogen and oxygen atoms in total. The van der Waals surface area contributed by atoms with Gasteiger partial charge in [0.15, 0.2) is 0 Å². The molecule has 2 aromatic heterocycles. The van der Waals surface area contributed by atoms with Crippen molar-refractivity contribution < 1.29 is 4.52 Å². The van der Waals surface area contributed by atoms with Crippen molar-refractivity contribution in [1.29, 1.82) is 0 Å². The van der Waals surface area contributed by atoms with Crippen LogP contribution in [0.5, 0.6) is 0 Å². The monoisotopic (exact) mass is 368 g/mol. The highest BCUT2D eigenvalue weighted by molar-refractivity contribution is 6.31. The van der Waals surface area contributed by atoms with Gasteiger partial charge in [-0.05, 0) is 56.0 Å². The van der Waals surface area contributed by atoms with Crippen molar-refractivity contribution in [2.45, 2.75) is 25.8 Å². The maximum atomic E-state index is 6.10. The van der Waals surface area contributed by atoms with E-state index in [4.69, 9.17) is 16.1 Å². The molecule has 0 atom stereocenters. The van der Waals surface area contributed by atoms with E-state index in [-0.39, 0.29) is 0 Å². The van der Waals surface area contributed by atoms with Crippen LogP contribution in [0.15, 0.2) is 53.2 Å². The fourth-order valence-electron chi connectivity index (χ4n) is 3.47. The van der Waals surface area contributed by atoms with Crippen molar-refractivity contribution in [1.82, 2.24) is 20.0 Å². The second-order valence-corrected chi connectivity index (χ2v) is 7.12. The Kier molecular flexibility index (Phi) is 5.27. The number of nitrogens with zero attached hydrogens (tertiary/aromatic N) is 4. The Morgan fingerprint density at radius 1 is 1.08 bits per heavy atom. The first-order valence-electron chi connectivity index (χ1n) is 8.97. The minimum Gasteiger partial charge on any atom is -0.338 e. The molecule has 1 fully saturated rings. The van der Waals surface area contributed by atoms with Crippen molar-refractivity contribution in [3.63, 3.8) is 0 Å².